The molecule has 0 spiro atoms. The number of hydrogen-bond donors (Lipinski definition) is 2. The van der Waals surface area contributed by atoms with Crippen molar-refractivity contribution in [2.24, 2.45) is 5.73 Å². The molecular weight excluding hydrogens is 194 g/mol. The van der Waals surface area contributed by atoms with Crippen LogP contribution in [0.1, 0.15) is 33.1 Å². The Morgan fingerprint density at radius 2 is 2.07 bits per heavy atom. The lowest BCUT2D eigenvalue weighted by molar-refractivity contribution is -0.00771. The van der Waals surface area contributed by atoms with Gasteiger partial charge in [0.25, 0.3) is 0 Å². The summed E-state index contributed by atoms with van der Waals surface area (Å²) < 4.78 is 10.7. The first-order chi connectivity index (χ1) is 7.08. The van der Waals surface area contributed by atoms with Gasteiger partial charge in [0.05, 0.1) is 24.9 Å². The number of ether oxygens (including phenoxy) is 2. The molecule has 15 heavy (non-hydrogen) atoms. The molecule has 0 fully saturated rings. The summed E-state index contributed by atoms with van der Waals surface area (Å²) in [5, 5.41) is 8.91. The van der Waals surface area contributed by atoms with Crippen molar-refractivity contribution in [1.29, 1.82) is 0 Å². The first kappa shape index (κ1) is 14.8. The first-order valence-corrected chi connectivity index (χ1v) is 5.58. The van der Waals surface area contributed by atoms with Gasteiger partial charge in [0.2, 0.25) is 0 Å². The van der Waals surface area contributed by atoms with Gasteiger partial charge in [-0.2, -0.15) is 0 Å². The molecule has 4 heteroatoms. The van der Waals surface area contributed by atoms with Crippen LogP contribution in [0, 0.1) is 0 Å². The number of hydrogen-bond acceptors (Lipinski definition) is 4. The topological polar surface area (TPSA) is 64.7 Å². The van der Waals surface area contributed by atoms with E-state index in [-0.39, 0.29) is 12.7 Å². The van der Waals surface area contributed by atoms with Gasteiger partial charge in [-0.25, -0.2) is 0 Å². The van der Waals surface area contributed by atoms with Crippen molar-refractivity contribution in [3.05, 3.63) is 0 Å². The monoisotopic (exact) mass is 219 g/mol. The summed E-state index contributed by atoms with van der Waals surface area (Å²) in [6, 6.07) is 0. The minimum Gasteiger partial charge on any atom is -0.396 e. The summed E-state index contributed by atoms with van der Waals surface area (Å²) in [6.07, 6.45) is 2.85. The fourth-order valence-corrected chi connectivity index (χ4v) is 1.49. The van der Waals surface area contributed by atoms with Crippen LogP contribution >= 0.6 is 0 Å². The molecule has 0 saturated carbocycles. The molecule has 0 bridgehead atoms. The Labute approximate surface area is 92.7 Å². The molecular formula is C11H25NO3. The molecule has 0 aromatic heterocycles. The van der Waals surface area contributed by atoms with Crippen LogP contribution in [0.4, 0.5) is 0 Å². The standard InChI is InChI=1S/C11H25NO3/c1-4-5-10(2)15-9-11(12,6-7-13)8-14-3/h10,13H,4-9,12H2,1-3H3. The van der Waals surface area contributed by atoms with Crippen molar-refractivity contribution >= 4 is 0 Å². The number of aliphatic hydroxyl groups excluding tert-OH is 1. The molecule has 0 amide bonds. The van der Waals surface area contributed by atoms with Crippen molar-refractivity contribution in [3.8, 4) is 0 Å². The maximum atomic E-state index is 8.91. The Bertz CT molecular complexity index is 147. The highest BCUT2D eigenvalue weighted by Crippen LogP contribution is 2.11. The van der Waals surface area contributed by atoms with E-state index in [1.807, 2.05) is 6.92 Å². The van der Waals surface area contributed by atoms with Crippen LogP contribution in [0.15, 0.2) is 0 Å². The van der Waals surface area contributed by atoms with E-state index in [9.17, 15) is 0 Å². The Kier molecular flexibility index (Phi) is 7.96. The normalized spacial score (nSPS) is 17.4. The van der Waals surface area contributed by atoms with E-state index in [0.717, 1.165) is 12.8 Å². The first-order valence-electron chi connectivity index (χ1n) is 5.58. The van der Waals surface area contributed by atoms with E-state index in [2.05, 4.69) is 6.92 Å². The lowest BCUT2D eigenvalue weighted by Crippen LogP contribution is -2.50. The van der Waals surface area contributed by atoms with E-state index in [0.29, 0.717) is 19.6 Å². The number of methoxy groups -OCH3 is 1. The molecule has 0 aliphatic heterocycles. The summed E-state index contributed by atoms with van der Waals surface area (Å²) in [6.45, 7) is 5.06. The van der Waals surface area contributed by atoms with Gasteiger partial charge in [0.15, 0.2) is 0 Å². The summed E-state index contributed by atoms with van der Waals surface area (Å²) in [4.78, 5) is 0. The molecule has 0 aromatic carbocycles. The Balaban J connectivity index is 3.93. The molecule has 2 atom stereocenters. The fourth-order valence-electron chi connectivity index (χ4n) is 1.49. The third-order valence-electron chi connectivity index (χ3n) is 2.39. The molecule has 0 rings (SSSR count). The van der Waals surface area contributed by atoms with Crippen LogP contribution in [0.25, 0.3) is 0 Å². The zero-order valence-corrected chi connectivity index (χ0v) is 10.2. The lowest BCUT2D eigenvalue weighted by Gasteiger charge is -2.29. The van der Waals surface area contributed by atoms with E-state index in [4.69, 9.17) is 20.3 Å². The Morgan fingerprint density at radius 3 is 2.53 bits per heavy atom. The molecule has 4 nitrogen and oxygen atoms in total. The van der Waals surface area contributed by atoms with Crippen molar-refractivity contribution in [3.63, 3.8) is 0 Å². The number of nitrogens with two attached hydrogens (primary N) is 1. The fraction of sp³-hybridized carbons (Fsp3) is 1.00. The SMILES string of the molecule is CCCC(C)OCC(N)(CCO)COC. The van der Waals surface area contributed by atoms with E-state index >= 15 is 0 Å². The van der Waals surface area contributed by atoms with Gasteiger partial charge in [-0.3, -0.25) is 0 Å². The molecule has 3 N–H and O–H groups in total. The average Bonchev–Trinajstić information content (AvgIpc) is 2.16. The molecule has 0 aliphatic rings. The predicted molar refractivity (Wildman–Crippen MR) is 60.8 cm³/mol. The smallest absolute Gasteiger partial charge is 0.0673 e. The predicted octanol–water partition coefficient (Wildman–Crippen LogP) is 0.918. The van der Waals surface area contributed by atoms with Gasteiger partial charge in [0, 0.05) is 13.7 Å². The van der Waals surface area contributed by atoms with Gasteiger partial charge in [-0.05, 0) is 19.8 Å². The molecule has 0 heterocycles. The third-order valence-corrected chi connectivity index (χ3v) is 2.39. The van der Waals surface area contributed by atoms with Crippen molar-refractivity contribution < 1.29 is 14.6 Å². The van der Waals surface area contributed by atoms with Crippen molar-refractivity contribution in [2.45, 2.75) is 44.8 Å². The van der Waals surface area contributed by atoms with Gasteiger partial charge >= 0.3 is 0 Å². The summed E-state index contributed by atoms with van der Waals surface area (Å²) >= 11 is 0. The zero-order chi connectivity index (χ0) is 11.7. The highest BCUT2D eigenvalue weighted by molar-refractivity contribution is 4.83. The van der Waals surface area contributed by atoms with Gasteiger partial charge < -0.3 is 20.3 Å². The second kappa shape index (κ2) is 8.05. The van der Waals surface area contributed by atoms with Crippen molar-refractivity contribution in [1.82, 2.24) is 0 Å². The van der Waals surface area contributed by atoms with Gasteiger partial charge in [-0.1, -0.05) is 13.3 Å². The maximum absolute atomic E-state index is 8.91. The van der Waals surface area contributed by atoms with Crippen LogP contribution in [0.2, 0.25) is 0 Å². The van der Waals surface area contributed by atoms with Gasteiger partial charge in [0.1, 0.15) is 0 Å². The van der Waals surface area contributed by atoms with Crippen LogP contribution in [-0.2, 0) is 9.47 Å². The second-order valence-corrected chi connectivity index (χ2v) is 4.18. The Hall–Kier alpha value is -0.160. The molecule has 0 saturated heterocycles. The largest absolute Gasteiger partial charge is 0.396 e. The van der Waals surface area contributed by atoms with Crippen LogP contribution in [0.5, 0.6) is 0 Å². The molecule has 0 radical (unpaired) electrons. The minimum atomic E-state index is -0.564. The average molecular weight is 219 g/mol. The molecule has 0 aliphatic carbocycles. The zero-order valence-electron chi connectivity index (χ0n) is 10.2. The number of aliphatic hydroxyl groups is 1. The number of rotatable bonds is 9. The third kappa shape index (κ3) is 6.84. The molecule has 92 valence electrons. The summed E-state index contributed by atoms with van der Waals surface area (Å²) in [5.74, 6) is 0. The summed E-state index contributed by atoms with van der Waals surface area (Å²) in [7, 11) is 1.61. The lowest BCUT2D eigenvalue weighted by atomic mass is 9.99. The second-order valence-electron chi connectivity index (χ2n) is 4.18. The minimum absolute atomic E-state index is 0.0609. The van der Waals surface area contributed by atoms with Crippen LogP contribution in [0.3, 0.4) is 0 Å². The van der Waals surface area contributed by atoms with Crippen LogP contribution in [-0.4, -0.2) is 43.7 Å². The quantitative estimate of drug-likeness (QED) is 0.605. The highest BCUT2D eigenvalue weighted by Gasteiger charge is 2.25. The van der Waals surface area contributed by atoms with E-state index in [1.54, 1.807) is 7.11 Å². The van der Waals surface area contributed by atoms with Gasteiger partial charge in [-0.15, -0.1) is 0 Å². The summed E-state index contributed by atoms with van der Waals surface area (Å²) in [5.41, 5.74) is 5.49. The maximum Gasteiger partial charge on any atom is 0.0673 e. The Morgan fingerprint density at radius 1 is 1.40 bits per heavy atom. The highest BCUT2D eigenvalue weighted by atomic mass is 16.5. The molecule has 2 unspecified atom stereocenters. The van der Waals surface area contributed by atoms with Crippen molar-refractivity contribution in [2.75, 3.05) is 26.9 Å². The van der Waals surface area contributed by atoms with E-state index < -0.39 is 5.54 Å². The van der Waals surface area contributed by atoms with Crippen LogP contribution < -0.4 is 5.73 Å². The van der Waals surface area contributed by atoms with E-state index in [1.165, 1.54) is 0 Å². The molecule has 0 aromatic rings.